The predicted octanol–water partition coefficient (Wildman–Crippen LogP) is 3.64. The number of ether oxygens (including phenoxy) is 3. The molecule has 152 valence electrons. The smallest absolute Gasteiger partial charge is 0.226 e. The first-order valence-electron chi connectivity index (χ1n) is 9.78. The topological polar surface area (TPSA) is 103 Å². The van der Waals surface area contributed by atoms with E-state index in [1.165, 1.54) is 0 Å². The highest BCUT2D eigenvalue weighted by molar-refractivity contribution is 5.66. The van der Waals surface area contributed by atoms with Crippen molar-refractivity contribution in [3.63, 3.8) is 0 Å². The van der Waals surface area contributed by atoms with E-state index in [2.05, 4.69) is 26.0 Å². The summed E-state index contributed by atoms with van der Waals surface area (Å²) in [6.07, 6.45) is 5.21. The molecule has 30 heavy (non-hydrogen) atoms. The summed E-state index contributed by atoms with van der Waals surface area (Å²) < 4.78 is 17.3. The predicted molar refractivity (Wildman–Crippen MR) is 108 cm³/mol. The third kappa shape index (κ3) is 4.53. The summed E-state index contributed by atoms with van der Waals surface area (Å²) in [7, 11) is 0. The summed E-state index contributed by atoms with van der Waals surface area (Å²) in [6.45, 7) is 5.03. The van der Waals surface area contributed by atoms with Crippen LogP contribution in [0.5, 0.6) is 17.5 Å². The van der Waals surface area contributed by atoms with Crippen molar-refractivity contribution in [1.82, 2.24) is 19.9 Å². The largest absolute Gasteiger partial charge is 0.472 e. The molecule has 1 aromatic carbocycles. The van der Waals surface area contributed by atoms with Gasteiger partial charge in [0.25, 0.3) is 0 Å². The lowest BCUT2D eigenvalue weighted by atomic mass is 10.1. The molecular weight excluding hydrogens is 382 g/mol. The SMILES string of the molecule is CCc1cnc(-c2ccc(C#N)cc2Oc2cc(OC3CCOC3)nc(C)n2)nc1. The summed E-state index contributed by atoms with van der Waals surface area (Å²) in [5, 5.41) is 9.31. The number of aryl methyl sites for hydroxylation is 2. The number of rotatable bonds is 6. The molecule has 1 aliphatic rings. The highest BCUT2D eigenvalue weighted by Gasteiger charge is 2.19. The molecule has 1 unspecified atom stereocenters. The lowest BCUT2D eigenvalue weighted by molar-refractivity contribution is 0.137. The first-order chi connectivity index (χ1) is 14.6. The molecule has 8 heteroatoms. The van der Waals surface area contributed by atoms with Crippen molar-refractivity contribution in [2.45, 2.75) is 32.8 Å². The third-order valence-electron chi connectivity index (χ3n) is 4.65. The van der Waals surface area contributed by atoms with Gasteiger partial charge in [0.15, 0.2) is 5.82 Å². The molecule has 0 saturated carbocycles. The quantitative estimate of drug-likeness (QED) is 0.615. The molecule has 3 heterocycles. The highest BCUT2D eigenvalue weighted by Crippen LogP contribution is 2.33. The van der Waals surface area contributed by atoms with Gasteiger partial charge in [-0.15, -0.1) is 0 Å². The molecule has 0 aliphatic carbocycles. The van der Waals surface area contributed by atoms with Crippen molar-refractivity contribution < 1.29 is 14.2 Å². The molecule has 0 bridgehead atoms. The standard InChI is InChI=1S/C22H21N5O3/c1-3-15-11-24-22(25-12-15)18-5-4-16(10-23)8-19(18)30-21-9-20(26-14(2)27-21)29-17-6-7-28-13-17/h4-5,8-9,11-12,17H,3,6-7,13H2,1-2H3. The lowest BCUT2D eigenvalue weighted by Gasteiger charge is -2.14. The van der Waals surface area contributed by atoms with Crippen LogP contribution in [0.15, 0.2) is 36.7 Å². The fraction of sp³-hybridized carbons (Fsp3) is 0.318. The fourth-order valence-corrected chi connectivity index (χ4v) is 3.05. The molecule has 8 nitrogen and oxygen atoms in total. The Hall–Kier alpha value is -3.57. The van der Waals surface area contributed by atoms with Crippen LogP contribution in [0.3, 0.4) is 0 Å². The van der Waals surface area contributed by atoms with Crippen molar-refractivity contribution in [1.29, 1.82) is 5.26 Å². The van der Waals surface area contributed by atoms with Crippen molar-refractivity contribution in [2.75, 3.05) is 13.2 Å². The molecule has 0 amide bonds. The number of hydrogen-bond acceptors (Lipinski definition) is 8. The van der Waals surface area contributed by atoms with Crippen LogP contribution < -0.4 is 9.47 Å². The highest BCUT2D eigenvalue weighted by atomic mass is 16.6. The molecule has 1 aliphatic heterocycles. The van der Waals surface area contributed by atoms with Crippen LogP contribution in [-0.4, -0.2) is 39.3 Å². The van der Waals surface area contributed by atoms with E-state index >= 15 is 0 Å². The summed E-state index contributed by atoms with van der Waals surface area (Å²) in [5.41, 5.74) is 2.17. The van der Waals surface area contributed by atoms with Crippen molar-refractivity contribution in [3.8, 4) is 35.0 Å². The minimum Gasteiger partial charge on any atom is -0.472 e. The van der Waals surface area contributed by atoms with E-state index in [1.807, 2.05) is 6.92 Å². The molecule has 2 aromatic heterocycles. The van der Waals surface area contributed by atoms with E-state index in [-0.39, 0.29) is 6.10 Å². The number of nitriles is 1. The van der Waals surface area contributed by atoms with Crippen LogP contribution in [0.25, 0.3) is 11.4 Å². The van der Waals surface area contributed by atoms with Gasteiger partial charge in [-0.25, -0.2) is 9.97 Å². The Labute approximate surface area is 174 Å². The maximum absolute atomic E-state index is 9.31. The van der Waals surface area contributed by atoms with Crippen LogP contribution in [0.2, 0.25) is 0 Å². The maximum Gasteiger partial charge on any atom is 0.226 e. The minimum absolute atomic E-state index is 0.0323. The molecule has 3 aromatic rings. The van der Waals surface area contributed by atoms with Crippen molar-refractivity contribution in [2.24, 2.45) is 0 Å². The number of nitrogens with zero attached hydrogens (tertiary/aromatic N) is 5. The zero-order chi connectivity index (χ0) is 20.9. The van der Waals surface area contributed by atoms with E-state index in [0.717, 1.165) is 18.4 Å². The van der Waals surface area contributed by atoms with Crippen LogP contribution in [0.1, 0.15) is 30.3 Å². The second-order valence-corrected chi connectivity index (χ2v) is 6.89. The molecule has 1 atom stereocenters. The van der Waals surface area contributed by atoms with E-state index in [4.69, 9.17) is 14.2 Å². The second kappa shape index (κ2) is 8.84. The van der Waals surface area contributed by atoms with E-state index in [9.17, 15) is 5.26 Å². The minimum atomic E-state index is -0.0323. The second-order valence-electron chi connectivity index (χ2n) is 6.89. The molecule has 0 radical (unpaired) electrons. The van der Waals surface area contributed by atoms with Gasteiger partial charge in [0.05, 0.1) is 36.5 Å². The fourth-order valence-electron chi connectivity index (χ4n) is 3.05. The van der Waals surface area contributed by atoms with Gasteiger partial charge in [-0.1, -0.05) is 6.92 Å². The van der Waals surface area contributed by atoms with Gasteiger partial charge in [0, 0.05) is 18.8 Å². The molecule has 1 fully saturated rings. The first-order valence-corrected chi connectivity index (χ1v) is 9.78. The van der Waals surface area contributed by atoms with Gasteiger partial charge < -0.3 is 14.2 Å². The number of benzene rings is 1. The Kier molecular flexibility index (Phi) is 5.82. The van der Waals surface area contributed by atoms with Gasteiger partial charge in [0.2, 0.25) is 11.8 Å². The van der Waals surface area contributed by atoms with Gasteiger partial charge in [-0.05, 0) is 37.1 Å². The average molecular weight is 403 g/mol. The Bertz CT molecular complexity index is 1070. The Morgan fingerprint density at radius 3 is 2.67 bits per heavy atom. The summed E-state index contributed by atoms with van der Waals surface area (Å²) in [5.74, 6) is 2.21. The molecular formula is C22H21N5O3. The summed E-state index contributed by atoms with van der Waals surface area (Å²) in [6, 6.07) is 8.89. The summed E-state index contributed by atoms with van der Waals surface area (Å²) in [4.78, 5) is 17.6. The van der Waals surface area contributed by atoms with E-state index in [0.29, 0.717) is 53.5 Å². The lowest BCUT2D eigenvalue weighted by Crippen LogP contribution is -2.16. The monoisotopic (exact) mass is 403 g/mol. The first kappa shape index (κ1) is 19.7. The zero-order valence-corrected chi connectivity index (χ0v) is 16.8. The van der Waals surface area contributed by atoms with Gasteiger partial charge in [-0.2, -0.15) is 15.2 Å². The van der Waals surface area contributed by atoms with E-state index in [1.54, 1.807) is 43.6 Å². The van der Waals surface area contributed by atoms with Crippen molar-refractivity contribution >= 4 is 0 Å². The van der Waals surface area contributed by atoms with Crippen molar-refractivity contribution in [3.05, 3.63) is 53.6 Å². The Morgan fingerprint density at radius 2 is 1.97 bits per heavy atom. The Morgan fingerprint density at radius 1 is 1.17 bits per heavy atom. The molecule has 4 rings (SSSR count). The van der Waals surface area contributed by atoms with Crippen LogP contribution in [0.4, 0.5) is 0 Å². The Balaban J connectivity index is 1.66. The molecule has 1 saturated heterocycles. The van der Waals surface area contributed by atoms with Gasteiger partial charge in [-0.3, -0.25) is 0 Å². The number of hydrogen-bond donors (Lipinski definition) is 0. The zero-order valence-electron chi connectivity index (χ0n) is 16.8. The van der Waals surface area contributed by atoms with E-state index < -0.39 is 0 Å². The normalized spacial score (nSPS) is 15.6. The average Bonchev–Trinajstić information content (AvgIpc) is 3.26. The van der Waals surface area contributed by atoms with Crippen LogP contribution in [0, 0.1) is 18.3 Å². The third-order valence-corrected chi connectivity index (χ3v) is 4.65. The summed E-state index contributed by atoms with van der Waals surface area (Å²) >= 11 is 0. The van der Waals surface area contributed by atoms with Gasteiger partial charge >= 0.3 is 0 Å². The molecule has 0 N–H and O–H groups in total. The number of aromatic nitrogens is 4. The molecule has 0 spiro atoms. The van der Waals surface area contributed by atoms with Crippen LogP contribution >= 0.6 is 0 Å². The van der Waals surface area contributed by atoms with Crippen LogP contribution in [-0.2, 0) is 11.2 Å². The van der Waals surface area contributed by atoms with Gasteiger partial charge in [0.1, 0.15) is 17.7 Å². The maximum atomic E-state index is 9.31.